The van der Waals surface area contributed by atoms with Gasteiger partial charge in [-0.25, -0.2) is 9.59 Å². The Labute approximate surface area is 307 Å². The molecule has 1 aliphatic heterocycles. The molecule has 4 amide bonds. The van der Waals surface area contributed by atoms with Gasteiger partial charge in [0.15, 0.2) is 0 Å². The third-order valence-electron chi connectivity index (χ3n) is 8.23. The van der Waals surface area contributed by atoms with E-state index in [1.54, 1.807) is 9.80 Å². The molecular formula is C38H56N4O10. The number of benzene rings is 2. The van der Waals surface area contributed by atoms with Crippen LogP contribution in [0.15, 0.2) is 60.7 Å². The van der Waals surface area contributed by atoms with E-state index in [0.29, 0.717) is 0 Å². The Morgan fingerprint density at radius 1 is 0.538 bits per heavy atom. The predicted molar refractivity (Wildman–Crippen MR) is 193 cm³/mol. The van der Waals surface area contributed by atoms with Crippen molar-refractivity contribution in [3.8, 4) is 0 Å². The van der Waals surface area contributed by atoms with E-state index in [2.05, 4.69) is 10.6 Å². The largest absolute Gasteiger partial charge is 0.445 e. The number of rotatable bonds is 10. The highest BCUT2D eigenvalue weighted by Gasteiger charge is 2.30. The summed E-state index contributed by atoms with van der Waals surface area (Å²) in [6, 6.07) is 17.0. The highest BCUT2D eigenvalue weighted by Crippen LogP contribution is 2.11. The summed E-state index contributed by atoms with van der Waals surface area (Å²) in [4.78, 5) is 55.7. The Kier molecular flexibility index (Phi) is 19.5. The van der Waals surface area contributed by atoms with Crippen molar-refractivity contribution in [2.24, 2.45) is 11.8 Å². The molecule has 0 aromatic heterocycles. The van der Waals surface area contributed by atoms with Crippen molar-refractivity contribution >= 4 is 24.0 Å². The summed E-state index contributed by atoms with van der Waals surface area (Å²) in [6.45, 7) is 10.8. The van der Waals surface area contributed by atoms with Crippen LogP contribution in [-0.2, 0) is 51.2 Å². The second kappa shape index (κ2) is 24.1. The van der Waals surface area contributed by atoms with E-state index in [9.17, 15) is 19.2 Å². The van der Waals surface area contributed by atoms with Crippen molar-refractivity contribution in [3.05, 3.63) is 71.8 Å². The molecule has 2 unspecified atom stereocenters. The van der Waals surface area contributed by atoms with Crippen molar-refractivity contribution in [2.45, 2.75) is 53.0 Å². The quantitative estimate of drug-likeness (QED) is 0.371. The molecule has 2 aromatic carbocycles. The van der Waals surface area contributed by atoms with Crippen molar-refractivity contribution < 1.29 is 47.6 Å². The van der Waals surface area contributed by atoms with Gasteiger partial charge >= 0.3 is 12.2 Å². The molecule has 0 saturated carbocycles. The SMILES string of the molecule is CC(C)C(NC(=O)OCc1ccccc1)C(=O)N1CCOCCOCCN(C(=O)C(NC(=O)OCc2ccccc2)C(C)C)CCOCCOCC1. The summed E-state index contributed by atoms with van der Waals surface area (Å²) in [5.74, 6) is -0.909. The zero-order chi connectivity index (χ0) is 37.6. The van der Waals surface area contributed by atoms with E-state index >= 15 is 0 Å². The third kappa shape index (κ3) is 16.0. The Hall–Kier alpha value is -4.24. The fourth-order valence-corrected chi connectivity index (χ4v) is 5.21. The molecule has 2 aromatic rings. The highest BCUT2D eigenvalue weighted by molar-refractivity contribution is 5.86. The first-order valence-corrected chi connectivity index (χ1v) is 18.0. The van der Waals surface area contributed by atoms with E-state index in [1.165, 1.54) is 0 Å². The first kappa shape index (κ1) is 42.2. The first-order valence-electron chi connectivity index (χ1n) is 18.0. The number of carbonyl (C=O) groups is 4. The lowest BCUT2D eigenvalue weighted by molar-refractivity contribution is -0.137. The number of alkyl carbamates (subject to hydrolysis) is 2. The lowest BCUT2D eigenvalue weighted by Gasteiger charge is -2.30. The minimum atomic E-state index is -0.802. The monoisotopic (exact) mass is 728 g/mol. The minimum absolute atomic E-state index is 0.0945. The van der Waals surface area contributed by atoms with Gasteiger partial charge in [0.2, 0.25) is 11.8 Å². The molecule has 52 heavy (non-hydrogen) atoms. The van der Waals surface area contributed by atoms with E-state index in [-0.39, 0.29) is 116 Å². The molecule has 1 heterocycles. The van der Waals surface area contributed by atoms with Crippen LogP contribution in [0.2, 0.25) is 0 Å². The van der Waals surface area contributed by atoms with Crippen molar-refractivity contribution in [3.63, 3.8) is 0 Å². The molecule has 14 heteroatoms. The third-order valence-corrected chi connectivity index (χ3v) is 8.23. The fraction of sp³-hybridized carbons (Fsp3) is 0.579. The van der Waals surface area contributed by atoms with Gasteiger partial charge in [-0.3, -0.25) is 9.59 Å². The number of ether oxygens (including phenoxy) is 6. The summed E-state index contributed by atoms with van der Waals surface area (Å²) in [6.07, 6.45) is -1.34. The lowest BCUT2D eigenvalue weighted by atomic mass is 10.0. The Balaban J connectivity index is 1.50. The van der Waals surface area contributed by atoms with Crippen LogP contribution < -0.4 is 10.6 Å². The molecule has 288 valence electrons. The van der Waals surface area contributed by atoms with Crippen LogP contribution in [0.1, 0.15) is 38.8 Å². The second-order valence-corrected chi connectivity index (χ2v) is 13.0. The Morgan fingerprint density at radius 3 is 1.13 bits per heavy atom. The molecule has 1 aliphatic rings. The normalized spacial score (nSPS) is 17.0. The standard InChI is InChI=1S/C38H56N4O10/c1-29(2)33(39-37(45)51-27-31-11-7-5-8-12-31)35(43)41-15-19-47-23-25-49-21-17-42(18-22-50-26-24-48-20-16-41)36(44)34(30(3)4)40-38(46)52-28-32-13-9-6-10-14-32/h5-14,29-30,33-34H,15-28H2,1-4H3,(H,39,45)(H,40,46). The van der Waals surface area contributed by atoms with Crippen molar-refractivity contribution in [1.29, 1.82) is 0 Å². The second-order valence-electron chi connectivity index (χ2n) is 13.0. The number of nitrogens with zero attached hydrogens (tertiary/aromatic N) is 2. The van der Waals surface area contributed by atoms with E-state index in [4.69, 9.17) is 28.4 Å². The maximum absolute atomic E-state index is 13.6. The Morgan fingerprint density at radius 2 is 0.846 bits per heavy atom. The van der Waals surface area contributed by atoms with E-state index < -0.39 is 24.3 Å². The van der Waals surface area contributed by atoms with Gasteiger partial charge in [0.1, 0.15) is 25.3 Å². The topological polar surface area (TPSA) is 154 Å². The summed E-state index contributed by atoms with van der Waals surface area (Å²) in [7, 11) is 0. The molecule has 2 atom stereocenters. The summed E-state index contributed by atoms with van der Waals surface area (Å²) >= 11 is 0. The van der Waals surface area contributed by atoms with Crippen LogP contribution in [0, 0.1) is 11.8 Å². The minimum Gasteiger partial charge on any atom is -0.445 e. The molecule has 1 fully saturated rings. The van der Waals surface area contributed by atoms with Gasteiger partial charge in [-0.15, -0.1) is 0 Å². The molecule has 14 nitrogen and oxygen atoms in total. The van der Waals surface area contributed by atoms with Crippen LogP contribution >= 0.6 is 0 Å². The predicted octanol–water partition coefficient (Wildman–Crippen LogP) is 3.63. The van der Waals surface area contributed by atoms with Gasteiger partial charge in [-0.1, -0.05) is 88.4 Å². The number of carbonyl (C=O) groups excluding carboxylic acids is 4. The fourth-order valence-electron chi connectivity index (χ4n) is 5.21. The molecule has 0 bridgehead atoms. The summed E-state index contributed by atoms with van der Waals surface area (Å²) in [5, 5.41) is 5.47. The zero-order valence-corrected chi connectivity index (χ0v) is 31.0. The number of hydrogen-bond donors (Lipinski definition) is 2. The van der Waals surface area contributed by atoms with Crippen molar-refractivity contribution in [1.82, 2.24) is 20.4 Å². The van der Waals surface area contributed by atoms with Gasteiger partial charge < -0.3 is 48.9 Å². The molecule has 1 saturated heterocycles. The smallest absolute Gasteiger partial charge is 0.408 e. The zero-order valence-electron chi connectivity index (χ0n) is 31.0. The van der Waals surface area contributed by atoms with Gasteiger partial charge in [0, 0.05) is 26.2 Å². The maximum atomic E-state index is 13.6. The van der Waals surface area contributed by atoms with Gasteiger partial charge in [-0.05, 0) is 23.0 Å². The first-order chi connectivity index (χ1) is 25.2. The van der Waals surface area contributed by atoms with Gasteiger partial charge in [-0.2, -0.15) is 0 Å². The molecule has 0 radical (unpaired) electrons. The van der Waals surface area contributed by atoms with Crippen LogP contribution in [0.4, 0.5) is 9.59 Å². The number of nitrogens with one attached hydrogen (secondary N) is 2. The molecular weight excluding hydrogens is 672 g/mol. The highest BCUT2D eigenvalue weighted by atomic mass is 16.6. The number of hydrogen-bond acceptors (Lipinski definition) is 10. The van der Waals surface area contributed by atoms with Crippen molar-refractivity contribution in [2.75, 3.05) is 79.0 Å². The van der Waals surface area contributed by atoms with E-state index in [0.717, 1.165) is 11.1 Å². The van der Waals surface area contributed by atoms with Gasteiger partial charge in [0.25, 0.3) is 0 Å². The molecule has 2 N–H and O–H groups in total. The summed E-state index contributed by atoms with van der Waals surface area (Å²) in [5.41, 5.74) is 1.69. The van der Waals surface area contributed by atoms with Crippen LogP contribution in [-0.4, -0.2) is 125 Å². The number of amides is 4. The van der Waals surface area contributed by atoms with Crippen LogP contribution in [0.5, 0.6) is 0 Å². The van der Waals surface area contributed by atoms with Crippen LogP contribution in [0.25, 0.3) is 0 Å². The average molecular weight is 729 g/mol. The molecule has 0 spiro atoms. The lowest BCUT2D eigenvalue weighted by Crippen LogP contribution is -2.53. The summed E-state index contributed by atoms with van der Waals surface area (Å²) < 4.78 is 33.8. The molecule has 3 rings (SSSR count). The molecule has 0 aliphatic carbocycles. The van der Waals surface area contributed by atoms with E-state index in [1.807, 2.05) is 88.4 Å². The maximum Gasteiger partial charge on any atom is 0.408 e. The van der Waals surface area contributed by atoms with Crippen LogP contribution in [0.3, 0.4) is 0 Å². The van der Waals surface area contributed by atoms with Gasteiger partial charge in [0.05, 0.1) is 52.9 Å². The Bertz CT molecular complexity index is 1210. The average Bonchev–Trinajstić information content (AvgIpc) is 3.14.